The molecule has 0 N–H and O–H groups in total. The summed E-state index contributed by atoms with van der Waals surface area (Å²) < 4.78 is 4.53. The fourth-order valence-corrected chi connectivity index (χ4v) is 16.6. The Kier molecular flexibility index (Phi) is 6.28. The Morgan fingerprint density at radius 2 is 1.65 bits per heavy atom. The van der Waals surface area contributed by atoms with Gasteiger partial charge in [-0.2, -0.15) is 0 Å². The molecule has 6 heteroatoms. The number of thiophene rings is 1. The number of nitrogens with zero attached hydrogens (tertiary/aromatic N) is 1. The maximum absolute atomic E-state index is 2.62. The van der Waals surface area contributed by atoms with Crippen molar-refractivity contribution in [3.8, 4) is 11.1 Å². The van der Waals surface area contributed by atoms with E-state index in [1.807, 2.05) is 23.1 Å². The summed E-state index contributed by atoms with van der Waals surface area (Å²) in [5.74, 6) is 0. The van der Waals surface area contributed by atoms with Crippen molar-refractivity contribution >= 4 is 110 Å². The zero-order valence-electron chi connectivity index (χ0n) is 26.0. The van der Waals surface area contributed by atoms with Gasteiger partial charge in [0.05, 0.1) is 0 Å². The van der Waals surface area contributed by atoms with Crippen LogP contribution in [0.2, 0.25) is 13.1 Å². The molecular weight excluding hydrogens is 676 g/mol. The molecule has 4 heterocycles. The van der Waals surface area contributed by atoms with Crippen LogP contribution in [0.25, 0.3) is 21.2 Å². The molecule has 1 aromatic heterocycles. The van der Waals surface area contributed by atoms with Crippen LogP contribution >= 0.6 is 23.1 Å². The van der Waals surface area contributed by atoms with Crippen LogP contribution in [0.5, 0.6) is 0 Å². The number of anilines is 2. The molecule has 0 saturated carbocycles. The summed E-state index contributed by atoms with van der Waals surface area (Å²) in [5, 5.41) is 6.82. The van der Waals surface area contributed by atoms with Gasteiger partial charge in [0.25, 0.3) is 0 Å². The second-order valence-electron chi connectivity index (χ2n) is 13.5. The molecule has 0 atom stereocenters. The molecule has 3 aliphatic heterocycles. The van der Waals surface area contributed by atoms with E-state index in [2.05, 4.69) is 127 Å². The SMILES string of the molecule is C[Si]1(C)c2ccc(-c3cccc4ccsc34)cc2B2c3ccc(N4C5=C(CCCC5)Sc5ccccc54)cc3[Se]c3cccc1c32. The van der Waals surface area contributed by atoms with Crippen molar-refractivity contribution in [2.75, 3.05) is 4.90 Å². The summed E-state index contributed by atoms with van der Waals surface area (Å²) in [6, 6.07) is 40.4. The minimum absolute atomic E-state index is 0.267. The van der Waals surface area contributed by atoms with Gasteiger partial charge in [-0.1, -0.05) is 0 Å². The number of hydrogen-bond acceptors (Lipinski definition) is 3. The van der Waals surface area contributed by atoms with Gasteiger partial charge in [0.15, 0.2) is 0 Å². The molecule has 0 bridgehead atoms. The average molecular weight is 709 g/mol. The van der Waals surface area contributed by atoms with E-state index in [0.29, 0.717) is 0 Å². The third-order valence-electron chi connectivity index (χ3n) is 10.6. The maximum atomic E-state index is 2.62. The second kappa shape index (κ2) is 10.4. The van der Waals surface area contributed by atoms with Gasteiger partial charge in [-0.15, -0.1) is 0 Å². The zero-order chi connectivity index (χ0) is 30.6. The number of allylic oxidation sites excluding steroid dienone is 2. The Hall–Kier alpha value is -3.25. The molecule has 46 heavy (non-hydrogen) atoms. The number of rotatable bonds is 2. The first kappa shape index (κ1) is 27.8. The van der Waals surface area contributed by atoms with Crippen molar-refractivity contribution in [1.82, 2.24) is 0 Å². The summed E-state index contributed by atoms with van der Waals surface area (Å²) >= 11 is 4.14. The summed E-state index contributed by atoms with van der Waals surface area (Å²) in [6.45, 7) is 5.44. The second-order valence-corrected chi connectivity index (χ2v) is 22.2. The van der Waals surface area contributed by atoms with E-state index in [0.717, 1.165) is 0 Å². The predicted molar refractivity (Wildman–Crippen MR) is 207 cm³/mol. The van der Waals surface area contributed by atoms with E-state index in [1.54, 1.807) is 35.1 Å². The van der Waals surface area contributed by atoms with Crippen molar-refractivity contribution in [2.24, 2.45) is 0 Å². The number of thioether (sulfide) groups is 1. The van der Waals surface area contributed by atoms with E-state index in [9.17, 15) is 0 Å². The fourth-order valence-electron chi connectivity index (χ4n) is 8.47. The van der Waals surface area contributed by atoms with Crippen molar-refractivity contribution in [1.29, 1.82) is 0 Å². The van der Waals surface area contributed by atoms with Gasteiger partial charge in [-0.25, -0.2) is 0 Å². The molecule has 0 spiro atoms. The molecule has 6 aromatic rings. The summed E-state index contributed by atoms with van der Waals surface area (Å²) in [5.41, 5.74) is 11.6. The Morgan fingerprint density at radius 1 is 0.761 bits per heavy atom. The van der Waals surface area contributed by atoms with Gasteiger partial charge in [-0.3, -0.25) is 0 Å². The van der Waals surface area contributed by atoms with E-state index in [1.165, 1.54) is 74.3 Å². The Balaban J connectivity index is 1.17. The van der Waals surface area contributed by atoms with Gasteiger partial charge in [0.1, 0.15) is 0 Å². The quantitative estimate of drug-likeness (QED) is 0.197. The topological polar surface area (TPSA) is 3.24 Å². The van der Waals surface area contributed by atoms with Crippen molar-refractivity contribution in [3.63, 3.8) is 0 Å². The monoisotopic (exact) mass is 709 g/mol. The molecule has 1 aliphatic carbocycles. The average Bonchev–Trinajstić information content (AvgIpc) is 3.58. The Morgan fingerprint density at radius 3 is 2.61 bits per heavy atom. The summed E-state index contributed by atoms with van der Waals surface area (Å²) in [4.78, 5) is 5.58. The van der Waals surface area contributed by atoms with Crippen LogP contribution in [0.15, 0.2) is 124 Å². The first-order valence-corrected chi connectivity index (χ1v) is 22.8. The number of para-hydroxylation sites is 1. The van der Waals surface area contributed by atoms with Crippen molar-refractivity contribution in [3.05, 3.63) is 119 Å². The van der Waals surface area contributed by atoms with E-state index in [-0.39, 0.29) is 21.7 Å². The van der Waals surface area contributed by atoms with E-state index in [4.69, 9.17) is 0 Å². The standard InChI is InChI=1S/C40H32BNS2SeSi/c1-46(2)37-20-17-26(28-10-7-9-25-21-22-43-40(25)28)23-30(37)41-29-19-18-27(24-36(29)45-35-15-8-16-38(46)39(35)41)42-31-11-3-5-13-33(31)44-34-14-6-4-12-32(34)42/h3,5,7-11,13,15-24H,4,6,12,14H2,1-2H3. The first-order chi connectivity index (χ1) is 22.6. The van der Waals surface area contributed by atoms with Crippen LogP contribution in [0.1, 0.15) is 25.7 Å². The third kappa shape index (κ3) is 4.01. The van der Waals surface area contributed by atoms with Crippen molar-refractivity contribution in [2.45, 2.75) is 43.7 Å². The van der Waals surface area contributed by atoms with E-state index < -0.39 is 8.07 Å². The number of hydrogen-bond donors (Lipinski definition) is 0. The third-order valence-corrected chi connectivity index (χ3v) is 18.8. The number of benzene rings is 5. The van der Waals surface area contributed by atoms with Crippen LogP contribution in [-0.4, -0.2) is 29.7 Å². The summed E-state index contributed by atoms with van der Waals surface area (Å²) in [6.07, 6.45) is 4.96. The van der Waals surface area contributed by atoms with Crippen LogP contribution in [0.3, 0.4) is 0 Å². The van der Waals surface area contributed by atoms with Crippen LogP contribution < -0.4 is 40.6 Å². The Bertz CT molecular complexity index is 2290. The van der Waals surface area contributed by atoms with Gasteiger partial charge in [0, 0.05) is 0 Å². The fraction of sp³-hybridized carbons (Fsp3) is 0.150. The molecule has 10 rings (SSSR count). The molecule has 1 nitrogen and oxygen atoms in total. The van der Waals surface area contributed by atoms with Gasteiger partial charge in [-0.05, 0) is 0 Å². The predicted octanol–water partition coefficient (Wildman–Crippen LogP) is 6.22. The molecule has 0 unspecified atom stereocenters. The molecule has 222 valence electrons. The molecule has 0 radical (unpaired) electrons. The molecule has 5 aromatic carbocycles. The first-order valence-electron chi connectivity index (χ1n) is 16.4. The van der Waals surface area contributed by atoms with E-state index >= 15 is 0 Å². The van der Waals surface area contributed by atoms with Crippen LogP contribution in [0.4, 0.5) is 11.4 Å². The molecule has 0 amide bonds. The van der Waals surface area contributed by atoms with Crippen molar-refractivity contribution < 1.29 is 0 Å². The Labute approximate surface area is 287 Å². The zero-order valence-corrected chi connectivity index (χ0v) is 30.3. The molecule has 4 aliphatic rings. The minimum atomic E-state index is -1.87. The molecular formula is C40H32BNS2SeSi. The van der Waals surface area contributed by atoms with Crippen LogP contribution in [0, 0.1) is 0 Å². The normalized spacial score (nSPS) is 17.3. The molecule has 0 fully saturated rings. The van der Waals surface area contributed by atoms with Gasteiger partial charge >= 0.3 is 289 Å². The van der Waals surface area contributed by atoms with Crippen LogP contribution in [-0.2, 0) is 0 Å². The molecule has 0 saturated heterocycles. The van der Waals surface area contributed by atoms with Gasteiger partial charge < -0.3 is 0 Å². The number of fused-ring (bicyclic) bond motifs is 6. The summed E-state index contributed by atoms with van der Waals surface area (Å²) in [7, 11) is -1.87. The van der Waals surface area contributed by atoms with Gasteiger partial charge in [0.2, 0.25) is 0 Å².